The second-order valence-corrected chi connectivity index (χ2v) is 11.8. The number of ether oxygens (including phenoxy) is 1. The molecule has 3 saturated heterocycles. The highest BCUT2D eigenvalue weighted by Crippen LogP contribution is 2.60. The number of nitrogens with one attached hydrogen (secondary N) is 2. The second kappa shape index (κ2) is 9.24. The molecule has 7 atom stereocenters. The average molecular weight is 536 g/mol. The van der Waals surface area contributed by atoms with Crippen molar-refractivity contribution in [1.29, 1.82) is 0 Å². The molecule has 34 heavy (non-hydrogen) atoms. The van der Waals surface area contributed by atoms with Crippen LogP contribution in [0, 0.1) is 11.8 Å². The highest BCUT2D eigenvalue weighted by molar-refractivity contribution is 9.09. The van der Waals surface area contributed by atoms with Gasteiger partial charge in [-0.05, 0) is 39.2 Å². The van der Waals surface area contributed by atoms with Gasteiger partial charge in [0.25, 0.3) is 0 Å². The van der Waals surface area contributed by atoms with Crippen LogP contribution >= 0.6 is 15.9 Å². The predicted molar refractivity (Wildman–Crippen MR) is 130 cm³/mol. The van der Waals surface area contributed by atoms with E-state index in [9.17, 15) is 19.5 Å². The highest BCUT2D eigenvalue weighted by Gasteiger charge is 2.77. The van der Waals surface area contributed by atoms with E-state index in [1.54, 1.807) is 0 Å². The number of carbonyl (C=O) groups is 3. The van der Waals surface area contributed by atoms with E-state index < -0.39 is 41.2 Å². The lowest BCUT2D eigenvalue weighted by Crippen LogP contribution is -2.60. The second-order valence-electron chi connectivity index (χ2n) is 10.6. The first-order valence-electron chi connectivity index (χ1n) is 11.9. The molecule has 3 fully saturated rings. The van der Waals surface area contributed by atoms with E-state index in [0.29, 0.717) is 19.4 Å². The van der Waals surface area contributed by atoms with Gasteiger partial charge in [-0.3, -0.25) is 14.4 Å². The Bertz CT molecular complexity index is 948. The molecule has 0 saturated carbocycles. The number of alkyl halides is 1. The van der Waals surface area contributed by atoms with Gasteiger partial charge in [0.15, 0.2) is 0 Å². The Morgan fingerprint density at radius 2 is 1.94 bits per heavy atom. The molecule has 3 aliphatic heterocycles. The number of carbonyl (C=O) groups excluding carboxylic acids is 3. The van der Waals surface area contributed by atoms with E-state index in [1.807, 2.05) is 58.0 Å². The van der Waals surface area contributed by atoms with Crippen LogP contribution in [0.1, 0.15) is 46.1 Å². The number of fused-ring (bicyclic) bond motifs is 1. The maximum Gasteiger partial charge on any atom is 0.246 e. The van der Waals surface area contributed by atoms with Crippen molar-refractivity contribution in [1.82, 2.24) is 15.5 Å². The molecule has 3 amide bonds. The number of aliphatic hydroxyl groups excluding tert-OH is 1. The number of aliphatic hydroxyl groups is 1. The van der Waals surface area contributed by atoms with Gasteiger partial charge in [0, 0.05) is 16.9 Å². The van der Waals surface area contributed by atoms with Crippen LogP contribution < -0.4 is 10.6 Å². The van der Waals surface area contributed by atoms with Crippen LogP contribution in [0.3, 0.4) is 0 Å². The van der Waals surface area contributed by atoms with Gasteiger partial charge in [-0.1, -0.05) is 53.2 Å². The standard InChI is InChI=1S/C25H34BrN3O5/c1-5-15(13-30)29-20(22(32)28-24(2,3)4)25-11-16(26)19(34-25)17(18(25)23(29)33)21(31)27-12-14-9-7-6-8-10-14/h6-10,15-20,30H,5,11-13H2,1-4H3,(H,27,31)(H,28,32)/t15-,16?,17-,18-,19-,20?,25?/m0/s1. The van der Waals surface area contributed by atoms with Crippen molar-refractivity contribution in [3.05, 3.63) is 35.9 Å². The summed E-state index contributed by atoms with van der Waals surface area (Å²) >= 11 is 3.66. The van der Waals surface area contributed by atoms with E-state index in [2.05, 4.69) is 26.6 Å². The Hall–Kier alpha value is -1.97. The Morgan fingerprint density at radius 1 is 1.26 bits per heavy atom. The molecule has 8 nitrogen and oxygen atoms in total. The van der Waals surface area contributed by atoms with Gasteiger partial charge in [0.2, 0.25) is 17.7 Å². The summed E-state index contributed by atoms with van der Waals surface area (Å²) in [5, 5.41) is 16.0. The number of rotatable bonds is 7. The van der Waals surface area contributed by atoms with E-state index in [4.69, 9.17) is 4.74 Å². The number of hydrogen-bond donors (Lipinski definition) is 3. The van der Waals surface area contributed by atoms with Gasteiger partial charge in [-0.15, -0.1) is 0 Å². The third kappa shape index (κ3) is 4.16. The molecular weight excluding hydrogens is 502 g/mol. The topological polar surface area (TPSA) is 108 Å². The van der Waals surface area contributed by atoms with Gasteiger partial charge >= 0.3 is 0 Å². The van der Waals surface area contributed by atoms with Crippen LogP contribution in [0.5, 0.6) is 0 Å². The van der Waals surface area contributed by atoms with E-state index in [-0.39, 0.29) is 29.2 Å². The Labute approximate surface area is 208 Å². The van der Waals surface area contributed by atoms with Crippen LogP contribution in [0.2, 0.25) is 0 Å². The first-order chi connectivity index (χ1) is 16.0. The lowest BCUT2D eigenvalue weighted by molar-refractivity contribution is -0.146. The minimum Gasteiger partial charge on any atom is -0.394 e. The number of nitrogens with zero attached hydrogens (tertiary/aromatic N) is 1. The fraction of sp³-hybridized carbons (Fsp3) is 0.640. The maximum atomic E-state index is 13.9. The van der Waals surface area contributed by atoms with Crippen LogP contribution in [-0.4, -0.2) is 68.5 Å². The summed E-state index contributed by atoms with van der Waals surface area (Å²) in [7, 11) is 0. The lowest BCUT2D eigenvalue weighted by atomic mass is 9.70. The van der Waals surface area contributed by atoms with Crippen molar-refractivity contribution in [2.24, 2.45) is 11.8 Å². The number of halogens is 1. The zero-order valence-corrected chi connectivity index (χ0v) is 21.7. The van der Waals surface area contributed by atoms with Crippen molar-refractivity contribution in [2.75, 3.05) is 6.61 Å². The molecule has 186 valence electrons. The molecule has 1 spiro atoms. The molecule has 1 aromatic rings. The number of hydrogen-bond acceptors (Lipinski definition) is 5. The van der Waals surface area contributed by atoms with Crippen LogP contribution in [-0.2, 0) is 25.7 Å². The molecule has 0 aromatic heterocycles. The summed E-state index contributed by atoms with van der Waals surface area (Å²) in [4.78, 5) is 42.2. The lowest BCUT2D eigenvalue weighted by Gasteiger charge is -2.38. The zero-order chi connectivity index (χ0) is 24.8. The van der Waals surface area contributed by atoms with Gasteiger partial charge in [-0.2, -0.15) is 0 Å². The number of likely N-dealkylation sites (tertiary alicyclic amines) is 1. The molecule has 3 aliphatic rings. The summed E-state index contributed by atoms with van der Waals surface area (Å²) in [6.45, 7) is 7.58. The summed E-state index contributed by atoms with van der Waals surface area (Å²) in [6.07, 6.45) is 0.416. The summed E-state index contributed by atoms with van der Waals surface area (Å²) in [5.74, 6) is -2.37. The minimum atomic E-state index is -1.12. The van der Waals surface area contributed by atoms with E-state index >= 15 is 0 Å². The third-order valence-electron chi connectivity index (χ3n) is 7.16. The van der Waals surface area contributed by atoms with E-state index in [1.165, 1.54) is 4.90 Å². The fourth-order valence-corrected chi connectivity index (χ4v) is 6.76. The molecule has 3 N–H and O–H groups in total. The monoisotopic (exact) mass is 535 g/mol. The number of amides is 3. The van der Waals surface area contributed by atoms with Crippen LogP contribution in [0.4, 0.5) is 0 Å². The van der Waals surface area contributed by atoms with Crippen molar-refractivity contribution in [3.63, 3.8) is 0 Å². The van der Waals surface area contributed by atoms with Crippen molar-refractivity contribution < 1.29 is 24.2 Å². The van der Waals surface area contributed by atoms with Gasteiger partial charge in [0.05, 0.1) is 30.6 Å². The summed E-state index contributed by atoms with van der Waals surface area (Å²) in [5.41, 5.74) is -0.681. The van der Waals surface area contributed by atoms with Gasteiger partial charge in [0.1, 0.15) is 11.6 Å². The molecule has 1 aromatic carbocycles. The van der Waals surface area contributed by atoms with Crippen molar-refractivity contribution >= 4 is 33.7 Å². The average Bonchev–Trinajstić information content (AvgIpc) is 3.36. The Kier molecular flexibility index (Phi) is 6.83. The quantitative estimate of drug-likeness (QED) is 0.461. The van der Waals surface area contributed by atoms with Crippen molar-refractivity contribution in [3.8, 4) is 0 Å². The maximum absolute atomic E-state index is 13.9. The fourth-order valence-electron chi connectivity index (χ4n) is 5.81. The molecule has 9 heteroatoms. The Morgan fingerprint density at radius 3 is 2.53 bits per heavy atom. The van der Waals surface area contributed by atoms with Crippen LogP contribution in [0.25, 0.3) is 0 Å². The summed E-state index contributed by atoms with van der Waals surface area (Å²) in [6, 6.07) is 8.12. The first-order valence-corrected chi connectivity index (χ1v) is 12.8. The number of benzene rings is 1. The smallest absolute Gasteiger partial charge is 0.246 e. The van der Waals surface area contributed by atoms with Gasteiger partial charge < -0.3 is 25.4 Å². The van der Waals surface area contributed by atoms with Crippen molar-refractivity contribution in [2.45, 2.75) is 81.2 Å². The minimum absolute atomic E-state index is 0.164. The van der Waals surface area contributed by atoms with Crippen LogP contribution in [0.15, 0.2) is 30.3 Å². The normalized spacial score (nSPS) is 33.1. The van der Waals surface area contributed by atoms with Gasteiger partial charge in [-0.25, -0.2) is 0 Å². The Balaban J connectivity index is 1.68. The molecule has 4 rings (SSSR count). The SMILES string of the molecule is CC[C@@H](CO)N1C(=O)[C@@H]2[C@H](C(=O)NCc3ccccc3)[C@H]3OC2(CC3Br)C1C(=O)NC(C)(C)C. The highest BCUT2D eigenvalue weighted by atomic mass is 79.9. The first kappa shape index (κ1) is 25.1. The zero-order valence-electron chi connectivity index (χ0n) is 20.1. The molecule has 0 radical (unpaired) electrons. The largest absolute Gasteiger partial charge is 0.394 e. The molecule has 3 heterocycles. The molecule has 3 unspecified atom stereocenters. The molecule has 2 bridgehead atoms. The predicted octanol–water partition coefficient (Wildman–Crippen LogP) is 1.74. The third-order valence-corrected chi connectivity index (χ3v) is 8.01. The van der Waals surface area contributed by atoms with E-state index in [0.717, 1.165) is 5.56 Å². The molecular formula is C25H34BrN3O5. The summed E-state index contributed by atoms with van der Waals surface area (Å²) < 4.78 is 6.46. The molecule has 0 aliphatic carbocycles.